The highest BCUT2D eigenvalue weighted by molar-refractivity contribution is 5.90. The molecule has 0 saturated heterocycles. The minimum absolute atomic E-state index is 0.0189. The number of hydrogen-bond donors (Lipinski definition) is 5. The Hall–Kier alpha value is -4.80. The van der Waals surface area contributed by atoms with E-state index in [1.54, 1.807) is 18.2 Å². The summed E-state index contributed by atoms with van der Waals surface area (Å²) in [5.74, 6) is 0.395. The van der Waals surface area contributed by atoms with Gasteiger partial charge in [0.2, 0.25) is 0 Å². The van der Waals surface area contributed by atoms with Gasteiger partial charge in [-0.2, -0.15) is 0 Å². The molecule has 276 valence electrons. The number of allylic oxidation sites excluding steroid dienone is 1. The van der Waals surface area contributed by atoms with E-state index in [4.69, 9.17) is 19.3 Å². The number of hydrogen-bond acceptors (Lipinski definition) is 9. The SMILES string of the molecule is COc1cc2c(cc1O)C(c1cc3ccccc3[nH]1)=C[C@H]1CC[C@@H](CCO)C[C@@H]1[C@@H]2CC(=O)C[C@@H](CCc1ccc(O)c(OCCO)c1)OC(C)=O. The first-order valence-corrected chi connectivity index (χ1v) is 18.2. The summed E-state index contributed by atoms with van der Waals surface area (Å²) in [4.78, 5) is 30.0. The monoisotopic (exact) mass is 711 g/mol. The molecular weight excluding hydrogens is 662 g/mol. The molecule has 10 nitrogen and oxygen atoms in total. The van der Waals surface area contributed by atoms with Crippen LogP contribution in [0.5, 0.6) is 23.0 Å². The van der Waals surface area contributed by atoms with E-state index in [1.807, 2.05) is 24.3 Å². The third kappa shape index (κ3) is 8.45. The van der Waals surface area contributed by atoms with Gasteiger partial charge in [-0.25, -0.2) is 0 Å². The maximum absolute atomic E-state index is 14.2. The largest absolute Gasteiger partial charge is 0.504 e. The third-order valence-electron chi connectivity index (χ3n) is 10.7. The minimum atomic E-state index is -0.662. The second kappa shape index (κ2) is 16.7. The summed E-state index contributed by atoms with van der Waals surface area (Å²) in [5, 5.41) is 41.3. The number of carbonyl (C=O) groups excluding carboxylic acids is 2. The van der Waals surface area contributed by atoms with Gasteiger partial charge in [0.15, 0.2) is 23.0 Å². The number of rotatable bonds is 15. The number of para-hydroxylation sites is 1. The number of H-pyrrole nitrogens is 1. The zero-order valence-electron chi connectivity index (χ0n) is 29.8. The van der Waals surface area contributed by atoms with Crippen LogP contribution >= 0.6 is 0 Å². The summed E-state index contributed by atoms with van der Waals surface area (Å²) in [6, 6.07) is 18.8. The lowest BCUT2D eigenvalue weighted by Crippen LogP contribution is -2.31. The van der Waals surface area contributed by atoms with Gasteiger partial charge in [0.05, 0.1) is 13.7 Å². The number of aliphatic hydroxyl groups excluding tert-OH is 2. The lowest BCUT2D eigenvalue weighted by molar-refractivity contribution is -0.147. The molecular formula is C42H49NO9. The molecule has 0 amide bonds. The molecule has 6 rings (SSSR count). The van der Waals surface area contributed by atoms with Gasteiger partial charge < -0.3 is 39.6 Å². The standard InChI is InChI=1S/C42H49NO9/c1-25(46)52-31(11-8-26-9-12-39(48)42(18-26)51-16-15-45)21-30(47)22-33-32-17-27(13-14-44)7-10-28(32)19-36(34-23-40(49)41(50-2)24-35(33)34)38-20-29-5-3-4-6-37(29)43-38/h3-6,9,12,18-20,23-24,27-28,31-33,43-45,48-49H,7-8,10-11,13-17,21-22H2,1-2H3/t27-,28+,31+,32-,33-/m0/s1. The van der Waals surface area contributed by atoms with Gasteiger partial charge in [-0.1, -0.05) is 30.3 Å². The Kier molecular flexibility index (Phi) is 11.9. The van der Waals surface area contributed by atoms with Gasteiger partial charge in [0.1, 0.15) is 18.5 Å². The number of esters is 1. The zero-order valence-corrected chi connectivity index (χ0v) is 29.8. The van der Waals surface area contributed by atoms with Crippen molar-refractivity contribution in [3.8, 4) is 23.0 Å². The van der Waals surface area contributed by atoms with E-state index < -0.39 is 12.1 Å². The summed E-state index contributed by atoms with van der Waals surface area (Å²) in [7, 11) is 1.52. The van der Waals surface area contributed by atoms with Crippen LogP contribution in [0, 0.1) is 17.8 Å². The molecule has 5 N–H and O–H groups in total. The number of Topliss-reactive ketones (excluding diaryl/α,β-unsaturated/α-hetero) is 1. The van der Waals surface area contributed by atoms with Gasteiger partial charge in [-0.3, -0.25) is 9.59 Å². The lowest BCUT2D eigenvalue weighted by Gasteiger charge is -2.39. The van der Waals surface area contributed by atoms with Crippen molar-refractivity contribution in [2.24, 2.45) is 17.8 Å². The summed E-state index contributed by atoms with van der Waals surface area (Å²) in [6.45, 7) is 1.30. The normalized spacial score (nSPS) is 20.3. The molecule has 1 fully saturated rings. The Bertz CT molecular complexity index is 1880. The number of aliphatic hydroxyl groups is 2. The van der Waals surface area contributed by atoms with Crippen LogP contribution in [0.25, 0.3) is 16.5 Å². The van der Waals surface area contributed by atoms with Gasteiger partial charge in [0.25, 0.3) is 0 Å². The van der Waals surface area contributed by atoms with Crippen molar-refractivity contribution < 1.29 is 44.2 Å². The first-order chi connectivity index (χ1) is 25.2. The van der Waals surface area contributed by atoms with E-state index in [1.165, 1.54) is 20.1 Å². The number of aryl methyl sites for hydroxylation is 1. The zero-order chi connectivity index (χ0) is 36.8. The van der Waals surface area contributed by atoms with Gasteiger partial charge in [-0.15, -0.1) is 0 Å². The fourth-order valence-corrected chi connectivity index (χ4v) is 8.30. The fourth-order valence-electron chi connectivity index (χ4n) is 8.30. The molecule has 1 saturated carbocycles. The summed E-state index contributed by atoms with van der Waals surface area (Å²) >= 11 is 0. The number of benzene rings is 3. The number of carbonyl (C=O) groups is 2. The van der Waals surface area contributed by atoms with Crippen LogP contribution in [0.15, 0.2) is 66.7 Å². The summed E-state index contributed by atoms with van der Waals surface area (Å²) in [6.07, 6.45) is 6.18. The molecule has 5 atom stereocenters. The van der Waals surface area contributed by atoms with Crippen molar-refractivity contribution in [1.82, 2.24) is 4.98 Å². The van der Waals surface area contributed by atoms with E-state index in [9.17, 15) is 24.9 Å². The number of phenolic OH excluding ortho intramolecular Hbond substituents is 2. The number of phenols is 2. The summed E-state index contributed by atoms with van der Waals surface area (Å²) < 4.78 is 16.8. The van der Waals surface area contributed by atoms with Crippen LogP contribution < -0.4 is 9.47 Å². The number of nitrogens with one attached hydrogen (secondary N) is 1. The number of aromatic nitrogens is 1. The first-order valence-electron chi connectivity index (χ1n) is 18.2. The molecule has 1 heterocycles. The average molecular weight is 712 g/mol. The van der Waals surface area contributed by atoms with Crippen molar-refractivity contribution >= 4 is 28.2 Å². The Morgan fingerprint density at radius 1 is 0.962 bits per heavy atom. The second-order valence-electron chi connectivity index (χ2n) is 14.2. The molecule has 2 aliphatic carbocycles. The van der Waals surface area contributed by atoms with Crippen molar-refractivity contribution in [3.05, 3.63) is 89.1 Å². The van der Waals surface area contributed by atoms with Crippen LogP contribution in [-0.2, 0) is 20.7 Å². The van der Waals surface area contributed by atoms with E-state index in [0.717, 1.165) is 58.1 Å². The summed E-state index contributed by atoms with van der Waals surface area (Å²) in [5.41, 5.74) is 5.52. The molecule has 1 aromatic heterocycles. The molecule has 4 aromatic rings. The third-order valence-corrected chi connectivity index (χ3v) is 10.7. The minimum Gasteiger partial charge on any atom is -0.504 e. The Morgan fingerprint density at radius 2 is 1.79 bits per heavy atom. The number of methoxy groups -OCH3 is 1. The van der Waals surface area contributed by atoms with E-state index >= 15 is 0 Å². The molecule has 0 bridgehead atoms. The van der Waals surface area contributed by atoms with E-state index in [0.29, 0.717) is 30.9 Å². The van der Waals surface area contributed by atoms with E-state index in [2.05, 4.69) is 23.2 Å². The predicted octanol–water partition coefficient (Wildman–Crippen LogP) is 6.82. The van der Waals surface area contributed by atoms with Crippen molar-refractivity contribution in [1.29, 1.82) is 0 Å². The first kappa shape index (κ1) is 37.0. The van der Waals surface area contributed by atoms with Crippen molar-refractivity contribution in [2.45, 2.75) is 70.3 Å². The molecule has 0 aliphatic heterocycles. The number of aromatic hydroxyl groups is 2. The number of ketones is 1. The molecule has 52 heavy (non-hydrogen) atoms. The Labute approximate surface area is 304 Å². The van der Waals surface area contributed by atoms with Crippen LogP contribution in [-0.4, -0.2) is 70.2 Å². The van der Waals surface area contributed by atoms with Gasteiger partial charge >= 0.3 is 5.97 Å². The van der Waals surface area contributed by atoms with Gasteiger partial charge in [0, 0.05) is 48.5 Å². The number of ether oxygens (including phenoxy) is 3. The number of aromatic amines is 1. The number of fused-ring (bicyclic) bond motifs is 3. The highest BCUT2D eigenvalue weighted by Gasteiger charge is 2.40. The maximum atomic E-state index is 14.2. The van der Waals surface area contributed by atoms with Crippen molar-refractivity contribution in [3.63, 3.8) is 0 Å². The molecule has 0 unspecified atom stereocenters. The predicted molar refractivity (Wildman–Crippen MR) is 198 cm³/mol. The maximum Gasteiger partial charge on any atom is 0.302 e. The van der Waals surface area contributed by atoms with Crippen molar-refractivity contribution in [2.75, 3.05) is 26.9 Å². The highest BCUT2D eigenvalue weighted by Crippen LogP contribution is 2.52. The van der Waals surface area contributed by atoms with E-state index in [-0.39, 0.29) is 73.4 Å². The lowest BCUT2D eigenvalue weighted by atomic mass is 9.65. The van der Waals surface area contributed by atoms with Crippen LogP contribution in [0.2, 0.25) is 0 Å². The van der Waals surface area contributed by atoms with Crippen LogP contribution in [0.4, 0.5) is 0 Å². The van der Waals surface area contributed by atoms with Crippen LogP contribution in [0.3, 0.4) is 0 Å². The van der Waals surface area contributed by atoms with Gasteiger partial charge in [-0.05, 0) is 115 Å². The molecule has 0 spiro atoms. The second-order valence-corrected chi connectivity index (χ2v) is 14.2. The van der Waals surface area contributed by atoms with Crippen LogP contribution in [0.1, 0.15) is 80.2 Å². The highest BCUT2D eigenvalue weighted by atomic mass is 16.5. The fraction of sp³-hybridized carbons (Fsp3) is 0.429. The average Bonchev–Trinajstić information content (AvgIpc) is 3.51. The quantitative estimate of drug-likeness (QED) is 0.0835. The molecule has 3 aromatic carbocycles. The molecule has 2 aliphatic rings. The topological polar surface area (TPSA) is 159 Å². The molecule has 10 heteroatoms. The Balaban J connectivity index is 1.32. The smallest absolute Gasteiger partial charge is 0.302 e. The molecule has 0 radical (unpaired) electrons. The Morgan fingerprint density at radius 3 is 2.54 bits per heavy atom.